The first-order valence-corrected chi connectivity index (χ1v) is 9.34. The van der Waals surface area contributed by atoms with Gasteiger partial charge in [-0.1, -0.05) is 29.8 Å². The maximum absolute atomic E-state index is 12.4. The van der Waals surface area contributed by atoms with Gasteiger partial charge in [-0.05, 0) is 38.1 Å². The number of hydrogen-bond donors (Lipinski definition) is 1. The number of rotatable bonds is 5. The zero-order valence-corrected chi connectivity index (χ0v) is 16.2. The second kappa shape index (κ2) is 8.14. The molecule has 1 heterocycles. The molecule has 0 aliphatic heterocycles. The van der Waals surface area contributed by atoms with Crippen LogP contribution >= 0.6 is 11.3 Å². The molecule has 138 valence electrons. The van der Waals surface area contributed by atoms with Gasteiger partial charge in [0.25, 0.3) is 0 Å². The van der Waals surface area contributed by atoms with E-state index >= 15 is 0 Å². The van der Waals surface area contributed by atoms with E-state index in [-0.39, 0.29) is 18.3 Å². The molecule has 0 radical (unpaired) electrons. The van der Waals surface area contributed by atoms with E-state index in [2.05, 4.69) is 10.3 Å². The zero-order valence-electron chi connectivity index (χ0n) is 15.4. The van der Waals surface area contributed by atoms with Crippen LogP contribution < -0.4 is 10.1 Å². The number of hydrogen-bond acceptors (Lipinski definition) is 5. The molecular formula is C21H20N2O3S. The molecule has 1 aromatic heterocycles. The third kappa shape index (κ3) is 5.01. The maximum atomic E-state index is 12.4. The lowest BCUT2D eigenvalue weighted by atomic mass is 10.1. The zero-order chi connectivity index (χ0) is 19.4. The number of aryl methyl sites for hydroxylation is 2. The second-order valence-corrected chi connectivity index (χ2v) is 7.51. The highest BCUT2D eigenvalue weighted by atomic mass is 32.1. The van der Waals surface area contributed by atoms with Gasteiger partial charge in [0, 0.05) is 23.1 Å². The van der Waals surface area contributed by atoms with Gasteiger partial charge in [0.1, 0.15) is 5.75 Å². The fourth-order valence-electron chi connectivity index (χ4n) is 2.63. The summed E-state index contributed by atoms with van der Waals surface area (Å²) in [5.41, 5.74) is 3.65. The van der Waals surface area contributed by atoms with Crippen molar-refractivity contribution < 1.29 is 14.3 Å². The van der Waals surface area contributed by atoms with E-state index in [1.54, 1.807) is 24.3 Å². The number of amides is 1. The number of aromatic nitrogens is 1. The number of esters is 1. The molecule has 2 aromatic carbocycles. The summed E-state index contributed by atoms with van der Waals surface area (Å²) in [4.78, 5) is 28.9. The molecule has 0 spiro atoms. The average molecular weight is 380 g/mol. The summed E-state index contributed by atoms with van der Waals surface area (Å²) >= 11 is 1.50. The van der Waals surface area contributed by atoms with Crippen LogP contribution in [0.4, 0.5) is 5.69 Å². The molecule has 0 saturated heterocycles. The molecule has 0 fully saturated rings. The van der Waals surface area contributed by atoms with E-state index in [1.165, 1.54) is 23.8 Å². The standard InChI is InChI=1S/C21H20N2O3S/c1-13-4-6-16(7-5-13)21-19(27-15(3)23-21)12-20(25)26-18-10-8-17(9-11-18)22-14(2)24/h4-11H,12H2,1-3H3,(H,22,24). The van der Waals surface area contributed by atoms with Crippen LogP contribution in [0.25, 0.3) is 11.3 Å². The van der Waals surface area contributed by atoms with Crippen LogP contribution in [-0.4, -0.2) is 16.9 Å². The Hall–Kier alpha value is -2.99. The summed E-state index contributed by atoms with van der Waals surface area (Å²) in [6.07, 6.45) is 0.155. The van der Waals surface area contributed by atoms with Gasteiger partial charge in [-0.2, -0.15) is 0 Å². The maximum Gasteiger partial charge on any atom is 0.316 e. The summed E-state index contributed by atoms with van der Waals surface area (Å²) in [7, 11) is 0. The number of carbonyl (C=O) groups is 2. The van der Waals surface area contributed by atoms with Crippen molar-refractivity contribution in [2.75, 3.05) is 5.32 Å². The number of anilines is 1. The largest absolute Gasteiger partial charge is 0.426 e. The molecule has 1 N–H and O–H groups in total. The Labute approximate surface area is 162 Å². The Morgan fingerprint density at radius 3 is 2.33 bits per heavy atom. The lowest BCUT2D eigenvalue weighted by Gasteiger charge is -2.07. The van der Waals surface area contributed by atoms with Crippen LogP contribution in [-0.2, 0) is 16.0 Å². The number of carbonyl (C=O) groups excluding carboxylic acids is 2. The monoisotopic (exact) mass is 380 g/mol. The van der Waals surface area contributed by atoms with Crippen molar-refractivity contribution in [2.45, 2.75) is 27.2 Å². The summed E-state index contributed by atoms with van der Waals surface area (Å²) in [5.74, 6) is -0.0598. The van der Waals surface area contributed by atoms with Crippen molar-refractivity contribution in [3.05, 3.63) is 64.0 Å². The number of ether oxygens (including phenoxy) is 1. The smallest absolute Gasteiger partial charge is 0.316 e. The molecule has 3 aromatic rings. The number of thiazole rings is 1. The van der Waals surface area contributed by atoms with Gasteiger partial charge in [0.05, 0.1) is 17.1 Å². The summed E-state index contributed by atoms with van der Waals surface area (Å²) in [6, 6.07) is 14.8. The van der Waals surface area contributed by atoms with E-state index < -0.39 is 0 Å². The lowest BCUT2D eigenvalue weighted by Crippen LogP contribution is -2.11. The average Bonchev–Trinajstić information content (AvgIpc) is 2.97. The highest BCUT2D eigenvalue weighted by Gasteiger charge is 2.16. The molecule has 0 aliphatic rings. The summed E-state index contributed by atoms with van der Waals surface area (Å²) < 4.78 is 5.42. The van der Waals surface area contributed by atoms with E-state index in [0.29, 0.717) is 11.4 Å². The van der Waals surface area contributed by atoms with Crippen molar-refractivity contribution >= 4 is 28.9 Å². The van der Waals surface area contributed by atoms with Gasteiger partial charge in [-0.25, -0.2) is 4.98 Å². The third-order valence-electron chi connectivity index (χ3n) is 3.84. The minimum absolute atomic E-state index is 0.149. The SMILES string of the molecule is CC(=O)Nc1ccc(OC(=O)Cc2sc(C)nc2-c2ccc(C)cc2)cc1. The fraction of sp³-hybridized carbons (Fsp3) is 0.190. The van der Waals surface area contributed by atoms with E-state index in [1.807, 2.05) is 38.1 Å². The molecule has 3 rings (SSSR count). The number of nitrogens with one attached hydrogen (secondary N) is 1. The van der Waals surface area contributed by atoms with Gasteiger partial charge in [-0.3, -0.25) is 9.59 Å². The second-order valence-electron chi connectivity index (χ2n) is 6.23. The van der Waals surface area contributed by atoms with Crippen LogP contribution in [0.2, 0.25) is 0 Å². The molecule has 0 bridgehead atoms. The fourth-order valence-corrected chi connectivity index (χ4v) is 3.58. The summed E-state index contributed by atoms with van der Waals surface area (Å²) in [6.45, 7) is 5.40. The number of nitrogens with zero attached hydrogens (tertiary/aromatic N) is 1. The molecule has 5 nitrogen and oxygen atoms in total. The van der Waals surface area contributed by atoms with E-state index in [4.69, 9.17) is 4.74 Å². The van der Waals surface area contributed by atoms with Crippen LogP contribution in [0.1, 0.15) is 22.4 Å². The van der Waals surface area contributed by atoms with Crippen molar-refractivity contribution in [2.24, 2.45) is 0 Å². The molecular weight excluding hydrogens is 360 g/mol. The third-order valence-corrected chi connectivity index (χ3v) is 4.81. The molecule has 0 saturated carbocycles. The van der Waals surface area contributed by atoms with Gasteiger partial charge in [0.2, 0.25) is 5.91 Å². The Morgan fingerprint density at radius 1 is 1.04 bits per heavy atom. The topological polar surface area (TPSA) is 68.3 Å². The number of benzene rings is 2. The lowest BCUT2D eigenvalue weighted by molar-refractivity contribution is -0.133. The van der Waals surface area contributed by atoms with Crippen LogP contribution in [0.5, 0.6) is 5.75 Å². The van der Waals surface area contributed by atoms with Gasteiger partial charge in [0.15, 0.2) is 0 Å². The molecule has 1 amide bonds. The first-order valence-electron chi connectivity index (χ1n) is 8.52. The van der Waals surface area contributed by atoms with Gasteiger partial charge in [-0.15, -0.1) is 11.3 Å². The van der Waals surface area contributed by atoms with Crippen LogP contribution in [0.15, 0.2) is 48.5 Å². The van der Waals surface area contributed by atoms with Crippen molar-refractivity contribution in [3.63, 3.8) is 0 Å². The Bertz CT molecular complexity index is 960. The molecule has 0 atom stereocenters. The van der Waals surface area contributed by atoms with Crippen molar-refractivity contribution in [3.8, 4) is 17.0 Å². The van der Waals surface area contributed by atoms with Crippen LogP contribution in [0.3, 0.4) is 0 Å². The Morgan fingerprint density at radius 2 is 1.70 bits per heavy atom. The molecule has 0 unspecified atom stereocenters. The Balaban J connectivity index is 1.71. The molecule has 0 aliphatic carbocycles. The quantitative estimate of drug-likeness (QED) is 0.521. The highest BCUT2D eigenvalue weighted by Crippen LogP contribution is 2.29. The normalized spacial score (nSPS) is 10.5. The minimum Gasteiger partial charge on any atom is -0.426 e. The Kier molecular flexibility index (Phi) is 5.66. The minimum atomic E-state index is -0.348. The summed E-state index contributed by atoms with van der Waals surface area (Å²) in [5, 5.41) is 3.58. The molecule has 27 heavy (non-hydrogen) atoms. The van der Waals surface area contributed by atoms with E-state index in [0.717, 1.165) is 21.1 Å². The van der Waals surface area contributed by atoms with Crippen LogP contribution in [0, 0.1) is 13.8 Å². The predicted octanol–water partition coefficient (Wildman–Crippen LogP) is 4.53. The highest BCUT2D eigenvalue weighted by molar-refractivity contribution is 7.12. The van der Waals surface area contributed by atoms with Gasteiger partial charge < -0.3 is 10.1 Å². The molecule has 6 heteroatoms. The van der Waals surface area contributed by atoms with Crippen molar-refractivity contribution in [1.82, 2.24) is 4.98 Å². The predicted molar refractivity (Wildman–Crippen MR) is 107 cm³/mol. The van der Waals surface area contributed by atoms with Gasteiger partial charge >= 0.3 is 5.97 Å². The van der Waals surface area contributed by atoms with Crippen molar-refractivity contribution in [1.29, 1.82) is 0 Å². The van der Waals surface area contributed by atoms with E-state index in [9.17, 15) is 9.59 Å². The first-order chi connectivity index (χ1) is 12.9. The first kappa shape index (κ1) is 18.8.